The van der Waals surface area contributed by atoms with Crippen LogP contribution in [0.15, 0.2) is 24.4 Å². The van der Waals surface area contributed by atoms with Crippen molar-refractivity contribution in [1.29, 1.82) is 0 Å². The molecule has 0 aromatic carbocycles. The van der Waals surface area contributed by atoms with Gasteiger partial charge < -0.3 is 0 Å². The fourth-order valence-corrected chi connectivity index (χ4v) is 0.990. The van der Waals surface area contributed by atoms with Gasteiger partial charge in [0, 0.05) is 5.69 Å². The lowest BCUT2D eigenvalue weighted by Gasteiger charge is -1.90. The van der Waals surface area contributed by atoms with Crippen molar-refractivity contribution in [1.82, 2.24) is 14.8 Å². The second-order valence-electron chi connectivity index (χ2n) is 2.23. The Hall–Kier alpha value is -1.38. The van der Waals surface area contributed by atoms with Gasteiger partial charge in [-0.25, -0.2) is 4.52 Å². The molecule has 0 saturated heterocycles. The van der Waals surface area contributed by atoms with Crippen molar-refractivity contribution in [2.24, 2.45) is 0 Å². The van der Waals surface area contributed by atoms with Crippen LogP contribution in [0.2, 0.25) is 0 Å². The van der Waals surface area contributed by atoms with Crippen LogP contribution in [0.3, 0.4) is 0 Å². The zero-order chi connectivity index (χ0) is 6.97. The number of hydrogen-bond acceptors (Lipinski definition) is 2. The van der Waals surface area contributed by atoms with Gasteiger partial charge in [-0.2, -0.15) is 0 Å². The molecular formula is C7H7N3. The highest BCUT2D eigenvalue weighted by Gasteiger charge is 1.94. The molecule has 2 rings (SSSR count). The van der Waals surface area contributed by atoms with E-state index in [1.807, 2.05) is 25.1 Å². The largest absolute Gasteiger partial charge is 0.219 e. The normalized spacial score (nSPS) is 10.5. The molecule has 50 valence electrons. The van der Waals surface area contributed by atoms with Gasteiger partial charge in [-0.1, -0.05) is 5.21 Å². The summed E-state index contributed by atoms with van der Waals surface area (Å²) >= 11 is 0. The van der Waals surface area contributed by atoms with E-state index in [1.165, 1.54) is 0 Å². The maximum Gasteiger partial charge on any atom is 0.0682 e. The van der Waals surface area contributed by atoms with E-state index in [0.717, 1.165) is 11.2 Å². The van der Waals surface area contributed by atoms with Crippen molar-refractivity contribution < 1.29 is 0 Å². The van der Waals surface area contributed by atoms with Crippen molar-refractivity contribution in [2.45, 2.75) is 6.92 Å². The summed E-state index contributed by atoms with van der Waals surface area (Å²) in [7, 11) is 0. The van der Waals surface area contributed by atoms with Crippen molar-refractivity contribution in [2.75, 3.05) is 0 Å². The van der Waals surface area contributed by atoms with Gasteiger partial charge in [0.25, 0.3) is 0 Å². The number of fused-ring (bicyclic) bond motifs is 1. The molecule has 0 bridgehead atoms. The molecule has 0 unspecified atom stereocenters. The van der Waals surface area contributed by atoms with Crippen LogP contribution in [0.25, 0.3) is 5.52 Å². The predicted molar refractivity (Wildman–Crippen MR) is 37.7 cm³/mol. The van der Waals surface area contributed by atoms with Gasteiger partial charge in [0.05, 0.1) is 11.7 Å². The molecule has 2 aromatic rings. The van der Waals surface area contributed by atoms with E-state index in [9.17, 15) is 0 Å². The zero-order valence-electron chi connectivity index (χ0n) is 5.65. The van der Waals surface area contributed by atoms with Crippen LogP contribution >= 0.6 is 0 Å². The molecule has 10 heavy (non-hydrogen) atoms. The molecular weight excluding hydrogens is 126 g/mol. The summed E-state index contributed by atoms with van der Waals surface area (Å²) in [4.78, 5) is 0. The molecule has 0 N–H and O–H groups in total. The Morgan fingerprint density at radius 3 is 3.00 bits per heavy atom. The molecule has 3 heteroatoms. The SMILES string of the molecule is Cc1ccc2ccnnn12. The van der Waals surface area contributed by atoms with Gasteiger partial charge >= 0.3 is 0 Å². The zero-order valence-corrected chi connectivity index (χ0v) is 5.65. The van der Waals surface area contributed by atoms with E-state index >= 15 is 0 Å². The van der Waals surface area contributed by atoms with Crippen LogP contribution in [-0.2, 0) is 0 Å². The lowest BCUT2D eigenvalue weighted by Crippen LogP contribution is -1.93. The van der Waals surface area contributed by atoms with Crippen molar-refractivity contribution in [3.63, 3.8) is 0 Å². The molecule has 0 fully saturated rings. The molecule has 0 aliphatic carbocycles. The molecule has 3 nitrogen and oxygen atoms in total. The summed E-state index contributed by atoms with van der Waals surface area (Å²) < 4.78 is 1.81. The standard InChI is InChI=1S/C7H7N3/c1-6-2-3-7-4-5-8-9-10(6)7/h2-5H,1H3. The Labute approximate surface area is 58.3 Å². The van der Waals surface area contributed by atoms with Gasteiger partial charge in [-0.05, 0) is 25.1 Å². The third-order valence-electron chi connectivity index (χ3n) is 1.53. The minimum atomic E-state index is 1.09. The lowest BCUT2D eigenvalue weighted by molar-refractivity contribution is 0.789. The Morgan fingerprint density at radius 2 is 2.20 bits per heavy atom. The van der Waals surface area contributed by atoms with Gasteiger partial charge in [0.15, 0.2) is 0 Å². The van der Waals surface area contributed by atoms with Gasteiger partial charge in [-0.15, -0.1) is 5.10 Å². The number of hydrogen-bond donors (Lipinski definition) is 0. The first kappa shape index (κ1) is 5.41. The van der Waals surface area contributed by atoms with E-state index in [1.54, 1.807) is 10.7 Å². The summed E-state index contributed by atoms with van der Waals surface area (Å²) in [6, 6.07) is 5.97. The highest BCUT2D eigenvalue weighted by molar-refractivity contribution is 5.46. The fraction of sp³-hybridized carbons (Fsp3) is 0.143. The fourth-order valence-electron chi connectivity index (χ4n) is 0.990. The molecule has 0 atom stereocenters. The van der Waals surface area contributed by atoms with E-state index in [2.05, 4.69) is 10.3 Å². The maximum absolute atomic E-state index is 3.91. The van der Waals surface area contributed by atoms with Crippen LogP contribution < -0.4 is 0 Å². The molecule has 0 aliphatic rings. The highest BCUT2D eigenvalue weighted by atomic mass is 15.4. The third kappa shape index (κ3) is 0.603. The van der Waals surface area contributed by atoms with Crippen LogP contribution in [-0.4, -0.2) is 14.8 Å². The van der Waals surface area contributed by atoms with E-state index in [0.29, 0.717) is 0 Å². The Morgan fingerprint density at radius 1 is 1.30 bits per heavy atom. The average Bonchev–Trinajstić information content (AvgIpc) is 2.34. The van der Waals surface area contributed by atoms with E-state index < -0.39 is 0 Å². The number of nitrogens with zero attached hydrogens (tertiary/aromatic N) is 3. The van der Waals surface area contributed by atoms with E-state index in [-0.39, 0.29) is 0 Å². The average molecular weight is 133 g/mol. The van der Waals surface area contributed by atoms with Crippen molar-refractivity contribution in [3.8, 4) is 0 Å². The maximum atomic E-state index is 3.91. The Bertz CT molecular complexity index is 350. The first-order chi connectivity index (χ1) is 4.88. The molecule has 2 aromatic heterocycles. The first-order valence-corrected chi connectivity index (χ1v) is 3.14. The number of aryl methyl sites for hydroxylation is 1. The first-order valence-electron chi connectivity index (χ1n) is 3.14. The molecule has 0 aliphatic heterocycles. The number of rotatable bonds is 0. The monoisotopic (exact) mass is 133 g/mol. The molecule has 0 radical (unpaired) electrons. The second-order valence-corrected chi connectivity index (χ2v) is 2.23. The lowest BCUT2D eigenvalue weighted by atomic mass is 10.5. The van der Waals surface area contributed by atoms with Crippen molar-refractivity contribution in [3.05, 3.63) is 30.1 Å². The highest BCUT2D eigenvalue weighted by Crippen LogP contribution is 2.03. The predicted octanol–water partition coefficient (Wildman–Crippen LogP) is 1.04. The quantitative estimate of drug-likeness (QED) is 0.537. The smallest absolute Gasteiger partial charge is 0.0682 e. The number of aromatic nitrogens is 3. The second kappa shape index (κ2) is 1.80. The topological polar surface area (TPSA) is 30.2 Å². The van der Waals surface area contributed by atoms with Gasteiger partial charge in [-0.3, -0.25) is 0 Å². The van der Waals surface area contributed by atoms with Gasteiger partial charge in [0.2, 0.25) is 0 Å². The Kier molecular flexibility index (Phi) is 0.974. The summed E-state index contributed by atoms with van der Waals surface area (Å²) in [5, 5.41) is 7.67. The molecule has 2 heterocycles. The Balaban J connectivity index is 2.93. The van der Waals surface area contributed by atoms with E-state index in [4.69, 9.17) is 0 Å². The minimum Gasteiger partial charge on any atom is -0.219 e. The summed E-state index contributed by atoms with van der Waals surface area (Å²) in [5.74, 6) is 0. The summed E-state index contributed by atoms with van der Waals surface area (Å²) in [6.07, 6.45) is 1.69. The van der Waals surface area contributed by atoms with Crippen LogP contribution in [0.1, 0.15) is 5.69 Å². The third-order valence-corrected chi connectivity index (χ3v) is 1.53. The molecule has 0 spiro atoms. The van der Waals surface area contributed by atoms with Crippen molar-refractivity contribution >= 4 is 5.52 Å². The summed E-state index contributed by atoms with van der Waals surface area (Å²) in [5.41, 5.74) is 2.20. The molecule has 0 amide bonds. The van der Waals surface area contributed by atoms with Crippen LogP contribution in [0, 0.1) is 6.92 Å². The van der Waals surface area contributed by atoms with Gasteiger partial charge in [0.1, 0.15) is 0 Å². The summed E-state index contributed by atoms with van der Waals surface area (Å²) in [6.45, 7) is 2.00. The van der Waals surface area contributed by atoms with Crippen LogP contribution in [0.4, 0.5) is 0 Å². The van der Waals surface area contributed by atoms with Crippen LogP contribution in [0.5, 0.6) is 0 Å². The molecule has 0 saturated carbocycles. The minimum absolute atomic E-state index is 1.09.